The molecule has 0 aromatic carbocycles. The van der Waals surface area contributed by atoms with Crippen molar-refractivity contribution in [3.63, 3.8) is 0 Å². The number of carbonyl (C=O) groups is 3. The van der Waals surface area contributed by atoms with E-state index in [1.165, 1.54) is 0 Å². The van der Waals surface area contributed by atoms with Crippen LogP contribution in [-0.4, -0.2) is 29.4 Å². The molecule has 2 aromatic heterocycles. The quantitative estimate of drug-likeness (QED) is 0.616. The minimum Gasteiger partial charge on any atom is -0.457 e. The molecule has 2 aliphatic heterocycles. The zero-order valence-electron chi connectivity index (χ0n) is 10.8. The van der Waals surface area contributed by atoms with Gasteiger partial charge in [0.1, 0.15) is 17.1 Å². The van der Waals surface area contributed by atoms with Gasteiger partial charge in [-0.25, -0.2) is 9.78 Å². The molecular weight excluding hydrogens is 276 g/mol. The molecule has 8 nitrogen and oxygen atoms in total. The molecule has 2 aliphatic rings. The van der Waals surface area contributed by atoms with Gasteiger partial charge < -0.3 is 9.73 Å². The number of hydrogen-bond donors (Lipinski definition) is 2. The van der Waals surface area contributed by atoms with Crippen LogP contribution in [0.25, 0.3) is 11.1 Å². The summed E-state index contributed by atoms with van der Waals surface area (Å²) in [6.45, 7) is 0.656. The number of carbonyl (C=O) groups excluding carboxylic acids is 3. The fraction of sp³-hybridized carbons (Fsp3) is 0.231. The minimum atomic E-state index is -0.846. The van der Waals surface area contributed by atoms with Crippen LogP contribution in [0.3, 0.4) is 0 Å². The summed E-state index contributed by atoms with van der Waals surface area (Å²) in [4.78, 5) is 40.1. The van der Waals surface area contributed by atoms with E-state index < -0.39 is 18.0 Å². The fourth-order valence-electron chi connectivity index (χ4n) is 2.40. The van der Waals surface area contributed by atoms with E-state index in [2.05, 4.69) is 15.6 Å². The van der Waals surface area contributed by atoms with E-state index in [0.717, 1.165) is 0 Å². The van der Waals surface area contributed by atoms with Gasteiger partial charge in [-0.15, -0.1) is 0 Å². The molecule has 4 rings (SSSR count). The largest absolute Gasteiger partial charge is 0.457 e. The summed E-state index contributed by atoms with van der Waals surface area (Å²) in [6.07, 6.45) is 0.532. The number of nitrogens with one attached hydrogen (secondary N) is 2. The van der Waals surface area contributed by atoms with E-state index in [-0.39, 0.29) is 5.91 Å². The number of pyridine rings is 1. The van der Waals surface area contributed by atoms with Crippen LogP contribution in [0.2, 0.25) is 0 Å². The van der Waals surface area contributed by atoms with Crippen molar-refractivity contribution in [2.75, 3.05) is 11.4 Å². The number of fused-ring (bicyclic) bond motifs is 1. The first kappa shape index (κ1) is 11.9. The lowest BCUT2D eigenvalue weighted by molar-refractivity contribution is -0.122. The van der Waals surface area contributed by atoms with Crippen molar-refractivity contribution in [2.24, 2.45) is 0 Å². The van der Waals surface area contributed by atoms with Crippen LogP contribution in [0.1, 0.15) is 18.2 Å². The highest BCUT2D eigenvalue weighted by Gasteiger charge is 2.34. The molecule has 2 N–H and O–H groups in total. The maximum atomic E-state index is 11.6. The second-order valence-corrected chi connectivity index (χ2v) is 4.89. The molecule has 0 aliphatic carbocycles. The normalized spacial score (nSPS) is 21.4. The number of β-lactam (4-membered cyclic amide) rings is 1. The summed E-state index contributed by atoms with van der Waals surface area (Å²) in [5.41, 5.74) is 1.03. The number of anilines is 1. The molecule has 21 heavy (non-hydrogen) atoms. The first-order valence-corrected chi connectivity index (χ1v) is 6.44. The van der Waals surface area contributed by atoms with E-state index in [1.807, 2.05) is 0 Å². The number of hydrogen-bond acceptors (Lipinski definition) is 5. The molecule has 0 bridgehead atoms. The van der Waals surface area contributed by atoms with Crippen molar-refractivity contribution in [1.29, 1.82) is 0 Å². The Balaban J connectivity index is 1.71. The van der Waals surface area contributed by atoms with Gasteiger partial charge in [-0.2, -0.15) is 0 Å². The van der Waals surface area contributed by atoms with Crippen molar-refractivity contribution in [3.8, 4) is 0 Å². The first-order chi connectivity index (χ1) is 10.1. The van der Waals surface area contributed by atoms with Crippen molar-refractivity contribution < 1.29 is 18.8 Å². The van der Waals surface area contributed by atoms with E-state index >= 15 is 0 Å². The molecule has 0 radical (unpaired) electrons. The number of aromatic nitrogens is 1. The summed E-state index contributed by atoms with van der Waals surface area (Å²) in [5, 5.41) is 4.60. The Labute approximate surface area is 118 Å². The molecule has 0 spiro atoms. The molecule has 4 heterocycles. The first-order valence-electron chi connectivity index (χ1n) is 6.44. The highest BCUT2D eigenvalue weighted by Crippen LogP contribution is 2.28. The highest BCUT2D eigenvalue weighted by molar-refractivity contribution is 6.04. The average Bonchev–Trinajstić information content (AvgIpc) is 2.99. The fourth-order valence-corrected chi connectivity index (χ4v) is 2.40. The molecule has 2 fully saturated rings. The van der Waals surface area contributed by atoms with Crippen molar-refractivity contribution in [2.45, 2.75) is 12.5 Å². The second kappa shape index (κ2) is 4.05. The lowest BCUT2D eigenvalue weighted by atomic mass is 10.2. The SMILES string of the molecule is O=C1NC(=O)C(c2cc3nc(N4CCC4=O)ccc3o2)N1. The van der Waals surface area contributed by atoms with E-state index in [1.54, 1.807) is 23.1 Å². The Morgan fingerprint density at radius 2 is 2.14 bits per heavy atom. The lowest BCUT2D eigenvalue weighted by Gasteiger charge is -2.29. The second-order valence-electron chi connectivity index (χ2n) is 4.89. The minimum absolute atomic E-state index is 0.0352. The van der Waals surface area contributed by atoms with Gasteiger partial charge >= 0.3 is 6.03 Å². The van der Waals surface area contributed by atoms with E-state index in [9.17, 15) is 14.4 Å². The predicted molar refractivity (Wildman–Crippen MR) is 70.4 cm³/mol. The Morgan fingerprint density at radius 3 is 2.76 bits per heavy atom. The van der Waals surface area contributed by atoms with Crippen LogP contribution in [0.15, 0.2) is 22.6 Å². The summed E-state index contributed by atoms with van der Waals surface area (Å²) in [6, 6.07) is 3.59. The van der Waals surface area contributed by atoms with Crippen LogP contribution in [-0.2, 0) is 9.59 Å². The molecule has 8 heteroatoms. The smallest absolute Gasteiger partial charge is 0.322 e. The van der Waals surface area contributed by atoms with Gasteiger partial charge in [0.2, 0.25) is 5.91 Å². The van der Waals surface area contributed by atoms with Gasteiger partial charge in [0.05, 0.1) is 0 Å². The van der Waals surface area contributed by atoms with Gasteiger partial charge in [-0.1, -0.05) is 0 Å². The Kier molecular flexibility index (Phi) is 2.29. The summed E-state index contributed by atoms with van der Waals surface area (Å²) in [5.74, 6) is 0.448. The Morgan fingerprint density at radius 1 is 1.29 bits per heavy atom. The average molecular weight is 286 g/mol. The lowest BCUT2D eigenvalue weighted by Crippen LogP contribution is -2.43. The zero-order chi connectivity index (χ0) is 14.6. The van der Waals surface area contributed by atoms with Gasteiger partial charge in [-0.05, 0) is 12.1 Å². The van der Waals surface area contributed by atoms with E-state index in [4.69, 9.17) is 4.42 Å². The molecule has 2 saturated heterocycles. The maximum Gasteiger partial charge on any atom is 0.322 e. The zero-order valence-corrected chi connectivity index (χ0v) is 10.8. The Bertz CT molecular complexity index is 797. The Hall–Kier alpha value is -2.90. The molecule has 0 saturated carbocycles. The van der Waals surface area contributed by atoms with Crippen molar-refractivity contribution in [3.05, 3.63) is 24.0 Å². The van der Waals surface area contributed by atoms with Crippen LogP contribution in [0.4, 0.5) is 10.6 Å². The van der Waals surface area contributed by atoms with Gasteiger partial charge in [0.15, 0.2) is 11.6 Å². The molecule has 106 valence electrons. The third-order valence-electron chi connectivity index (χ3n) is 3.56. The molecule has 1 unspecified atom stereocenters. The van der Waals surface area contributed by atoms with Crippen molar-refractivity contribution >= 4 is 34.8 Å². The van der Waals surface area contributed by atoms with Gasteiger partial charge in [0.25, 0.3) is 5.91 Å². The third-order valence-corrected chi connectivity index (χ3v) is 3.56. The van der Waals surface area contributed by atoms with Crippen LogP contribution < -0.4 is 15.5 Å². The molecule has 1 atom stereocenters. The number of furan rings is 1. The monoisotopic (exact) mass is 286 g/mol. The number of urea groups is 1. The van der Waals surface area contributed by atoms with Gasteiger partial charge in [0, 0.05) is 19.0 Å². The van der Waals surface area contributed by atoms with E-state index in [0.29, 0.717) is 35.6 Å². The summed E-state index contributed by atoms with van der Waals surface area (Å²) < 4.78 is 5.54. The molecular formula is C13H10N4O4. The third kappa shape index (κ3) is 1.76. The number of nitrogens with zero attached hydrogens (tertiary/aromatic N) is 2. The van der Waals surface area contributed by atoms with Gasteiger partial charge in [-0.3, -0.25) is 19.8 Å². The van der Waals surface area contributed by atoms with Crippen LogP contribution in [0, 0.1) is 0 Å². The summed E-state index contributed by atoms with van der Waals surface area (Å²) >= 11 is 0. The number of rotatable bonds is 2. The number of amides is 4. The standard InChI is InChI=1S/C13H10N4O4/c18-10-3-4-17(10)9-2-1-7-6(14-9)5-8(21-7)11-12(19)16-13(20)15-11/h1-2,5,11H,3-4H2,(H2,15,16,19,20). The maximum absolute atomic E-state index is 11.6. The highest BCUT2D eigenvalue weighted by atomic mass is 16.3. The molecule has 2 aromatic rings. The van der Waals surface area contributed by atoms with Crippen LogP contribution in [0.5, 0.6) is 0 Å². The summed E-state index contributed by atoms with van der Waals surface area (Å²) in [7, 11) is 0. The van der Waals surface area contributed by atoms with Crippen LogP contribution >= 0.6 is 0 Å². The predicted octanol–water partition coefficient (Wildman–Crippen LogP) is 0.445. The van der Waals surface area contributed by atoms with Crippen molar-refractivity contribution in [1.82, 2.24) is 15.6 Å². The molecule has 4 amide bonds. The topological polar surface area (TPSA) is 105 Å². The number of imide groups is 1.